The number of morpholine rings is 1. The third-order valence-corrected chi connectivity index (χ3v) is 7.16. The Labute approximate surface area is 227 Å². The predicted octanol–water partition coefficient (Wildman–Crippen LogP) is 4.67. The maximum Gasteiger partial charge on any atom is 0.257 e. The molecule has 0 saturated carbocycles. The minimum absolute atomic E-state index is 0.0725. The van der Waals surface area contributed by atoms with E-state index >= 15 is 0 Å². The van der Waals surface area contributed by atoms with Gasteiger partial charge in [-0.15, -0.1) is 0 Å². The van der Waals surface area contributed by atoms with E-state index in [1.807, 2.05) is 30.3 Å². The number of ketones is 1. The number of carbonyl (C=O) groups is 2. The highest BCUT2D eigenvalue weighted by Gasteiger charge is 2.20. The van der Waals surface area contributed by atoms with Crippen molar-refractivity contribution >= 4 is 40.6 Å². The van der Waals surface area contributed by atoms with Crippen molar-refractivity contribution in [3.8, 4) is 0 Å². The molecule has 3 heterocycles. The van der Waals surface area contributed by atoms with Gasteiger partial charge in [0.15, 0.2) is 5.78 Å². The van der Waals surface area contributed by atoms with E-state index in [1.54, 1.807) is 24.3 Å². The summed E-state index contributed by atoms with van der Waals surface area (Å²) < 4.78 is 5.46. The minimum Gasteiger partial charge on any atom is -0.378 e. The van der Waals surface area contributed by atoms with Crippen molar-refractivity contribution in [3.63, 3.8) is 0 Å². The highest BCUT2D eigenvalue weighted by atomic mass is 35.5. The van der Waals surface area contributed by atoms with Crippen LogP contribution in [0.2, 0.25) is 5.02 Å². The Balaban J connectivity index is 1.36. The molecule has 0 atom stereocenters. The topological polar surface area (TPSA) is 98.6 Å². The molecule has 0 unspecified atom stereocenters. The lowest BCUT2D eigenvalue weighted by atomic mass is 9.96. The maximum atomic E-state index is 13.4. The van der Waals surface area contributed by atoms with E-state index < -0.39 is 0 Å². The quantitative estimate of drug-likeness (QED) is 0.261. The number of Topliss-reactive ketones (excluding diaryl/α,β-unsaturated/α-hetero) is 1. The summed E-state index contributed by atoms with van der Waals surface area (Å²) in [6.07, 6.45) is 3.75. The first-order valence-corrected chi connectivity index (χ1v) is 13.2. The average Bonchev–Trinajstić information content (AvgIpc) is 3.50. The van der Waals surface area contributed by atoms with Gasteiger partial charge in [0, 0.05) is 61.2 Å². The second-order valence-electron chi connectivity index (χ2n) is 9.48. The zero-order valence-electron chi connectivity index (χ0n) is 21.1. The van der Waals surface area contributed by atoms with E-state index in [-0.39, 0.29) is 18.1 Å². The lowest BCUT2D eigenvalue weighted by molar-refractivity contribution is 0.0992. The Morgan fingerprint density at radius 2 is 1.66 bits per heavy atom. The number of halogens is 1. The van der Waals surface area contributed by atoms with Crippen LogP contribution in [0.3, 0.4) is 0 Å². The molecule has 1 aromatic heterocycles. The van der Waals surface area contributed by atoms with E-state index in [0.29, 0.717) is 46.6 Å². The number of nitrogens with zero attached hydrogens (tertiary/aromatic N) is 3. The molecule has 2 fully saturated rings. The zero-order chi connectivity index (χ0) is 26.5. The van der Waals surface area contributed by atoms with Crippen LogP contribution >= 0.6 is 11.6 Å². The smallest absolute Gasteiger partial charge is 0.257 e. The van der Waals surface area contributed by atoms with Crippen molar-refractivity contribution in [2.24, 2.45) is 0 Å². The van der Waals surface area contributed by atoms with Gasteiger partial charge in [-0.2, -0.15) is 0 Å². The largest absolute Gasteiger partial charge is 0.378 e. The summed E-state index contributed by atoms with van der Waals surface area (Å²) in [5, 5.41) is 11.7. The number of hydrogen-bond donors (Lipinski definition) is 2. The van der Waals surface area contributed by atoms with Gasteiger partial charge in [-0.25, -0.2) is 4.98 Å². The number of carbonyl (C=O) groups excluding carboxylic acids is 2. The molecule has 2 aromatic carbocycles. The summed E-state index contributed by atoms with van der Waals surface area (Å²) in [6.45, 7) is 4.52. The number of ether oxygens (including phenoxy) is 1. The van der Waals surface area contributed by atoms with E-state index in [2.05, 4.69) is 20.1 Å². The SMILES string of the molecule is N=C(c1ccc(C(=O)Cc2ccc(N3CCOCC3)cc2C(=O)Nc2ccc(Cl)cn2)cc1)N1CCCC1. The van der Waals surface area contributed by atoms with Crippen LogP contribution < -0.4 is 10.2 Å². The summed E-state index contributed by atoms with van der Waals surface area (Å²) in [5.41, 5.74) is 3.31. The lowest BCUT2D eigenvalue weighted by Gasteiger charge is -2.29. The monoisotopic (exact) mass is 531 g/mol. The van der Waals surface area contributed by atoms with Crippen molar-refractivity contribution in [2.45, 2.75) is 19.3 Å². The Kier molecular flexibility index (Phi) is 8.00. The summed E-state index contributed by atoms with van der Waals surface area (Å²) in [5.74, 6) is 0.439. The first-order chi connectivity index (χ1) is 18.5. The number of anilines is 2. The van der Waals surface area contributed by atoms with Crippen LogP contribution in [-0.2, 0) is 11.2 Å². The molecular formula is C29H30ClN5O3. The summed E-state index contributed by atoms with van der Waals surface area (Å²) >= 11 is 5.93. The molecule has 9 heteroatoms. The molecule has 5 rings (SSSR count). The molecule has 196 valence electrons. The molecule has 38 heavy (non-hydrogen) atoms. The normalized spacial score (nSPS) is 15.4. The molecule has 3 aromatic rings. The molecule has 2 aliphatic heterocycles. The van der Waals surface area contributed by atoms with Crippen LogP contribution in [0.1, 0.15) is 44.7 Å². The Hall–Kier alpha value is -3.75. The van der Waals surface area contributed by atoms with Crippen molar-refractivity contribution in [3.05, 3.63) is 88.1 Å². The number of likely N-dealkylation sites (tertiary alicyclic amines) is 1. The van der Waals surface area contributed by atoms with E-state index in [1.165, 1.54) is 6.20 Å². The molecule has 2 N–H and O–H groups in total. The van der Waals surface area contributed by atoms with Gasteiger partial charge in [-0.1, -0.05) is 41.9 Å². The molecule has 8 nitrogen and oxygen atoms in total. The van der Waals surface area contributed by atoms with Crippen LogP contribution in [0.4, 0.5) is 11.5 Å². The fourth-order valence-electron chi connectivity index (χ4n) is 4.79. The molecule has 0 bridgehead atoms. The molecule has 1 amide bonds. The number of rotatable bonds is 7. The lowest BCUT2D eigenvalue weighted by Crippen LogP contribution is -2.36. The first kappa shape index (κ1) is 25.9. The van der Waals surface area contributed by atoms with Gasteiger partial charge >= 0.3 is 0 Å². The number of benzene rings is 2. The van der Waals surface area contributed by atoms with Crippen molar-refractivity contribution in [2.75, 3.05) is 49.6 Å². The van der Waals surface area contributed by atoms with E-state index in [9.17, 15) is 9.59 Å². The van der Waals surface area contributed by atoms with Crippen LogP contribution in [0.15, 0.2) is 60.8 Å². The predicted molar refractivity (Wildman–Crippen MR) is 149 cm³/mol. The Bertz CT molecular complexity index is 1320. The van der Waals surface area contributed by atoms with Crippen LogP contribution in [-0.4, -0.2) is 66.8 Å². The van der Waals surface area contributed by atoms with Gasteiger partial charge in [-0.05, 0) is 42.7 Å². The fourth-order valence-corrected chi connectivity index (χ4v) is 4.91. The second-order valence-corrected chi connectivity index (χ2v) is 9.91. The maximum absolute atomic E-state index is 13.4. The standard InChI is InChI=1S/C29H30ClN5O3/c30-23-8-10-27(32-19-23)33-29(37)25-18-24(34-13-15-38-16-14-34)9-7-22(25)17-26(36)20-3-5-21(6-4-20)28(31)35-11-1-2-12-35/h3-10,18-19,31H,1-2,11-17H2,(H,32,33,37). The van der Waals surface area contributed by atoms with Gasteiger partial charge in [0.2, 0.25) is 0 Å². The Morgan fingerprint density at radius 3 is 2.34 bits per heavy atom. The second kappa shape index (κ2) is 11.8. The summed E-state index contributed by atoms with van der Waals surface area (Å²) in [6, 6.07) is 16.1. The minimum atomic E-state index is -0.341. The van der Waals surface area contributed by atoms with Crippen LogP contribution in [0.25, 0.3) is 0 Å². The number of pyridine rings is 1. The third-order valence-electron chi connectivity index (χ3n) is 6.94. The van der Waals surface area contributed by atoms with Crippen LogP contribution in [0.5, 0.6) is 0 Å². The number of aromatic nitrogens is 1. The van der Waals surface area contributed by atoms with Gasteiger partial charge in [0.1, 0.15) is 11.7 Å². The van der Waals surface area contributed by atoms with Crippen LogP contribution in [0, 0.1) is 5.41 Å². The van der Waals surface area contributed by atoms with Crippen molar-refractivity contribution in [1.29, 1.82) is 5.41 Å². The van der Waals surface area contributed by atoms with Gasteiger partial charge in [0.25, 0.3) is 5.91 Å². The number of nitrogens with one attached hydrogen (secondary N) is 2. The van der Waals surface area contributed by atoms with Crippen molar-refractivity contribution in [1.82, 2.24) is 9.88 Å². The fraction of sp³-hybridized carbons (Fsp3) is 0.310. The summed E-state index contributed by atoms with van der Waals surface area (Å²) in [7, 11) is 0. The Morgan fingerprint density at radius 1 is 0.947 bits per heavy atom. The highest BCUT2D eigenvalue weighted by Crippen LogP contribution is 2.24. The average molecular weight is 532 g/mol. The number of amidine groups is 1. The summed E-state index contributed by atoms with van der Waals surface area (Å²) in [4.78, 5) is 35.0. The van der Waals surface area contributed by atoms with Gasteiger partial charge in [-0.3, -0.25) is 15.0 Å². The van der Waals surface area contributed by atoms with Gasteiger partial charge < -0.3 is 19.9 Å². The van der Waals surface area contributed by atoms with E-state index in [0.717, 1.165) is 50.3 Å². The number of hydrogen-bond acceptors (Lipinski definition) is 6. The molecule has 0 aliphatic carbocycles. The molecule has 0 radical (unpaired) electrons. The highest BCUT2D eigenvalue weighted by molar-refractivity contribution is 6.30. The molecule has 2 saturated heterocycles. The molecule has 0 spiro atoms. The van der Waals surface area contributed by atoms with Crippen molar-refractivity contribution < 1.29 is 14.3 Å². The third kappa shape index (κ3) is 6.03. The molecule has 2 aliphatic rings. The zero-order valence-corrected chi connectivity index (χ0v) is 21.8. The van der Waals surface area contributed by atoms with Gasteiger partial charge in [0.05, 0.1) is 18.2 Å². The molecular weight excluding hydrogens is 502 g/mol. The van der Waals surface area contributed by atoms with E-state index in [4.69, 9.17) is 21.7 Å². The first-order valence-electron chi connectivity index (χ1n) is 12.8. The number of amides is 1.